The molecule has 0 atom stereocenters. The maximum Gasteiger partial charge on any atom is -0.00161 e. The number of likely N-dealkylation sites (tertiary alicyclic amines) is 1. The van der Waals surface area contributed by atoms with E-state index in [-0.39, 0.29) is 0 Å². The maximum atomic E-state index is 2.63. The number of piperidine rings is 1. The van der Waals surface area contributed by atoms with Crippen LogP contribution in [0.3, 0.4) is 0 Å². The molecule has 92 valence electrons. The van der Waals surface area contributed by atoms with Crippen LogP contribution in [0, 0.1) is 5.92 Å². The van der Waals surface area contributed by atoms with Gasteiger partial charge in [-0.2, -0.15) is 0 Å². The Kier molecular flexibility index (Phi) is 10.4. The minimum absolute atomic E-state index is 1.05. The predicted octanol–water partition coefficient (Wildman–Crippen LogP) is 4.32. The van der Waals surface area contributed by atoms with Crippen LogP contribution < -0.4 is 0 Å². The van der Waals surface area contributed by atoms with Crippen LogP contribution in [0.15, 0.2) is 0 Å². The van der Waals surface area contributed by atoms with Gasteiger partial charge in [0.25, 0.3) is 0 Å². The van der Waals surface area contributed by atoms with Crippen molar-refractivity contribution in [3.8, 4) is 0 Å². The first kappa shape index (κ1) is 15.0. The number of hydrogen-bond donors (Lipinski definition) is 0. The number of nitrogens with zero attached hydrogens (tertiary/aromatic N) is 1. The molecular formula is C14H31N. The van der Waals surface area contributed by atoms with E-state index in [1.807, 2.05) is 13.8 Å². The molecule has 0 aromatic rings. The van der Waals surface area contributed by atoms with Crippen molar-refractivity contribution < 1.29 is 0 Å². The third-order valence-electron chi connectivity index (χ3n) is 3.21. The van der Waals surface area contributed by atoms with Gasteiger partial charge in [0.1, 0.15) is 0 Å². The molecule has 0 unspecified atom stereocenters. The van der Waals surface area contributed by atoms with Gasteiger partial charge in [0.2, 0.25) is 0 Å². The van der Waals surface area contributed by atoms with Gasteiger partial charge < -0.3 is 4.90 Å². The molecular weight excluding hydrogens is 182 g/mol. The summed E-state index contributed by atoms with van der Waals surface area (Å²) in [5.41, 5.74) is 0. The highest BCUT2D eigenvalue weighted by Crippen LogP contribution is 2.22. The average Bonchev–Trinajstić information content (AvgIpc) is 2.31. The first-order valence-corrected chi connectivity index (χ1v) is 7.09. The lowest BCUT2D eigenvalue weighted by Crippen LogP contribution is -2.34. The van der Waals surface area contributed by atoms with Crippen molar-refractivity contribution in [1.29, 1.82) is 0 Å². The Morgan fingerprint density at radius 1 is 1.00 bits per heavy atom. The minimum atomic E-state index is 1.05. The third-order valence-corrected chi connectivity index (χ3v) is 3.21. The second-order valence-corrected chi connectivity index (χ2v) is 4.43. The van der Waals surface area contributed by atoms with Gasteiger partial charge in [-0.15, -0.1) is 0 Å². The molecule has 1 nitrogen and oxygen atoms in total. The highest BCUT2D eigenvalue weighted by atomic mass is 15.1. The highest BCUT2D eigenvalue weighted by molar-refractivity contribution is 4.71. The quantitative estimate of drug-likeness (QED) is 0.657. The van der Waals surface area contributed by atoms with E-state index in [0.717, 1.165) is 5.92 Å². The zero-order chi connectivity index (χ0) is 11.5. The van der Waals surface area contributed by atoms with Gasteiger partial charge in [-0.05, 0) is 44.8 Å². The smallest absolute Gasteiger partial charge is 0.00161 e. The van der Waals surface area contributed by atoms with Crippen LogP contribution in [0.1, 0.15) is 66.2 Å². The van der Waals surface area contributed by atoms with Crippen molar-refractivity contribution in [3.05, 3.63) is 0 Å². The first-order chi connectivity index (χ1) is 7.36. The zero-order valence-corrected chi connectivity index (χ0v) is 11.4. The zero-order valence-electron chi connectivity index (χ0n) is 11.4. The lowest BCUT2D eigenvalue weighted by atomic mass is 9.92. The number of unbranched alkanes of at least 4 members (excludes halogenated alkanes) is 1. The van der Waals surface area contributed by atoms with Crippen molar-refractivity contribution in [1.82, 2.24) is 4.90 Å². The maximum absolute atomic E-state index is 2.63. The van der Waals surface area contributed by atoms with Crippen molar-refractivity contribution >= 4 is 0 Å². The van der Waals surface area contributed by atoms with Crippen LogP contribution >= 0.6 is 0 Å². The number of rotatable bonds is 5. The normalized spacial score (nSPS) is 18.4. The minimum Gasteiger partial charge on any atom is -0.303 e. The lowest BCUT2D eigenvalue weighted by molar-refractivity contribution is 0.178. The summed E-state index contributed by atoms with van der Waals surface area (Å²) in [7, 11) is 0. The Labute approximate surface area is 97.2 Å². The van der Waals surface area contributed by atoms with Gasteiger partial charge in [0, 0.05) is 0 Å². The van der Waals surface area contributed by atoms with Gasteiger partial charge in [0.05, 0.1) is 0 Å². The van der Waals surface area contributed by atoms with Gasteiger partial charge >= 0.3 is 0 Å². The molecule has 1 fully saturated rings. The molecule has 0 radical (unpaired) electrons. The molecule has 0 amide bonds. The van der Waals surface area contributed by atoms with E-state index in [1.54, 1.807) is 0 Å². The second-order valence-electron chi connectivity index (χ2n) is 4.43. The highest BCUT2D eigenvalue weighted by Gasteiger charge is 2.17. The fourth-order valence-corrected chi connectivity index (χ4v) is 2.31. The van der Waals surface area contributed by atoms with E-state index in [9.17, 15) is 0 Å². The Morgan fingerprint density at radius 2 is 1.60 bits per heavy atom. The molecule has 1 aliphatic heterocycles. The van der Waals surface area contributed by atoms with E-state index in [4.69, 9.17) is 0 Å². The van der Waals surface area contributed by atoms with Gasteiger partial charge in [0.15, 0.2) is 0 Å². The Morgan fingerprint density at radius 3 is 2.07 bits per heavy atom. The van der Waals surface area contributed by atoms with E-state index in [2.05, 4.69) is 18.7 Å². The van der Waals surface area contributed by atoms with Gasteiger partial charge in [-0.1, -0.05) is 47.0 Å². The molecule has 1 rings (SSSR count). The molecule has 0 aromatic carbocycles. The summed E-state index contributed by atoms with van der Waals surface area (Å²) in [6.45, 7) is 12.6. The largest absolute Gasteiger partial charge is 0.303 e. The molecule has 1 heterocycles. The molecule has 1 aliphatic rings. The summed E-state index contributed by atoms with van der Waals surface area (Å²) < 4.78 is 0. The Hall–Kier alpha value is -0.0400. The SMILES string of the molecule is CC.CCCCC1CCN(CCC)CC1. The molecule has 1 heteroatoms. The molecule has 1 saturated heterocycles. The monoisotopic (exact) mass is 213 g/mol. The fraction of sp³-hybridized carbons (Fsp3) is 1.00. The molecule has 0 aliphatic carbocycles. The fourth-order valence-electron chi connectivity index (χ4n) is 2.31. The van der Waals surface area contributed by atoms with Crippen molar-refractivity contribution in [3.63, 3.8) is 0 Å². The molecule has 15 heavy (non-hydrogen) atoms. The lowest BCUT2D eigenvalue weighted by Gasteiger charge is -2.31. The summed E-state index contributed by atoms with van der Waals surface area (Å²) in [6, 6.07) is 0. The van der Waals surface area contributed by atoms with Crippen LogP contribution in [0.25, 0.3) is 0 Å². The Bertz CT molecular complexity index is 115. The standard InChI is InChI=1S/C12H25N.C2H6/c1-3-5-6-12-7-10-13(9-4-2)11-8-12;1-2/h12H,3-11H2,1-2H3;1-2H3. The molecule has 0 bridgehead atoms. The van der Waals surface area contributed by atoms with Crippen LogP contribution in [-0.2, 0) is 0 Å². The van der Waals surface area contributed by atoms with Crippen LogP contribution in [-0.4, -0.2) is 24.5 Å². The average molecular weight is 213 g/mol. The van der Waals surface area contributed by atoms with Crippen molar-refractivity contribution in [2.45, 2.75) is 66.2 Å². The summed E-state index contributed by atoms with van der Waals surface area (Å²) in [5.74, 6) is 1.05. The summed E-state index contributed by atoms with van der Waals surface area (Å²) in [6.07, 6.45) is 8.53. The van der Waals surface area contributed by atoms with Crippen LogP contribution in [0.2, 0.25) is 0 Å². The first-order valence-electron chi connectivity index (χ1n) is 7.09. The van der Waals surface area contributed by atoms with E-state index >= 15 is 0 Å². The molecule has 0 aromatic heterocycles. The predicted molar refractivity (Wildman–Crippen MR) is 70.3 cm³/mol. The molecule has 0 saturated carbocycles. The Balaban J connectivity index is 0.000000921. The third kappa shape index (κ3) is 6.94. The van der Waals surface area contributed by atoms with E-state index < -0.39 is 0 Å². The molecule has 0 spiro atoms. The van der Waals surface area contributed by atoms with Crippen molar-refractivity contribution in [2.24, 2.45) is 5.92 Å². The van der Waals surface area contributed by atoms with E-state index in [0.29, 0.717) is 0 Å². The van der Waals surface area contributed by atoms with Crippen LogP contribution in [0.4, 0.5) is 0 Å². The second kappa shape index (κ2) is 10.5. The van der Waals surface area contributed by atoms with Crippen LogP contribution in [0.5, 0.6) is 0 Å². The van der Waals surface area contributed by atoms with Gasteiger partial charge in [-0.3, -0.25) is 0 Å². The summed E-state index contributed by atoms with van der Waals surface area (Å²) in [4.78, 5) is 2.63. The van der Waals surface area contributed by atoms with Crippen molar-refractivity contribution in [2.75, 3.05) is 19.6 Å². The summed E-state index contributed by atoms with van der Waals surface area (Å²) in [5, 5.41) is 0. The van der Waals surface area contributed by atoms with E-state index in [1.165, 1.54) is 58.2 Å². The van der Waals surface area contributed by atoms with Gasteiger partial charge in [-0.25, -0.2) is 0 Å². The topological polar surface area (TPSA) is 3.24 Å². The number of hydrogen-bond acceptors (Lipinski definition) is 1. The molecule has 0 N–H and O–H groups in total. The summed E-state index contributed by atoms with van der Waals surface area (Å²) >= 11 is 0.